The molecule has 0 fully saturated rings. The summed E-state index contributed by atoms with van der Waals surface area (Å²) in [5.74, 6) is -0.0516. The molecule has 0 aliphatic carbocycles. The number of rotatable bonds is 8. The van der Waals surface area contributed by atoms with E-state index in [0.717, 1.165) is 11.8 Å². The molecule has 8 heteroatoms. The Morgan fingerprint density at radius 1 is 1.07 bits per heavy atom. The van der Waals surface area contributed by atoms with Crippen molar-refractivity contribution >= 4 is 15.9 Å². The van der Waals surface area contributed by atoms with Crippen LogP contribution in [0.4, 0.5) is 4.39 Å². The first-order chi connectivity index (χ1) is 12.7. The van der Waals surface area contributed by atoms with Crippen LogP contribution in [0.15, 0.2) is 48.5 Å². The first-order valence-electron chi connectivity index (χ1n) is 8.34. The van der Waals surface area contributed by atoms with Crippen LogP contribution in [0.2, 0.25) is 0 Å². The SMILES string of the molecule is COc1ccc(C(C)NC(=O)CC(NS(C)(=O)=O)c2ccc(F)cc2)cc1. The van der Waals surface area contributed by atoms with Crippen molar-refractivity contribution in [3.8, 4) is 5.75 Å². The van der Waals surface area contributed by atoms with Gasteiger partial charge in [-0.2, -0.15) is 0 Å². The van der Waals surface area contributed by atoms with Gasteiger partial charge in [0, 0.05) is 6.42 Å². The maximum atomic E-state index is 13.1. The molecule has 2 N–H and O–H groups in total. The Kier molecular flexibility index (Phi) is 6.92. The van der Waals surface area contributed by atoms with E-state index in [1.165, 1.54) is 24.3 Å². The summed E-state index contributed by atoms with van der Waals surface area (Å²) in [5, 5.41) is 2.84. The van der Waals surface area contributed by atoms with Crippen LogP contribution in [0.25, 0.3) is 0 Å². The van der Waals surface area contributed by atoms with Crippen LogP contribution in [0.3, 0.4) is 0 Å². The predicted octanol–water partition coefficient (Wildman–Crippen LogP) is 2.69. The highest BCUT2D eigenvalue weighted by Gasteiger charge is 2.21. The number of carbonyl (C=O) groups excluding carboxylic acids is 1. The lowest BCUT2D eigenvalue weighted by Gasteiger charge is -2.20. The summed E-state index contributed by atoms with van der Waals surface area (Å²) in [7, 11) is -1.98. The first kappa shape index (κ1) is 20.9. The van der Waals surface area contributed by atoms with Crippen LogP contribution in [-0.2, 0) is 14.8 Å². The van der Waals surface area contributed by atoms with E-state index in [1.807, 2.05) is 19.1 Å². The van der Waals surface area contributed by atoms with E-state index >= 15 is 0 Å². The largest absolute Gasteiger partial charge is 0.497 e. The van der Waals surface area contributed by atoms with Gasteiger partial charge in [0.2, 0.25) is 15.9 Å². The third kappa shape index (κ3) is 6.65. The lowest BCUT2D eigenvalue weighted by molar-refractivity contribution is -0.122. The zero-order chi connectivity index (χ0) is 20.0. The molecule has 1 amide bonds. The first-order valence-corrected chi connectivity index (χ1v) is 10.2. The molecule has 0 spiro atoms. The Hall–Kier alpha value is -2.45. The summed E-state index contributed by atoms with van der Waals surface area (Å²) in [6.45, 7) is 1.83. The van der Waals surface area contributed by atoms with E-state index in [2.05, 4.69) is 10.0 Å². The minimum Gasteiger partial charge on any atom is -0.497 e. The number of methoxy groups -OCH3 is 1. The normalized spacial score (nSPS) is 13.6. The third-order valence-corrected chi connectivity index (χ3v) is 4.72. The highest BCUT2D eigenvalue weighted by atomic mass is 32.2. The van der Waals surface area contributed by atoms with E-state index in [9.17, 15) is 17.6 Å². The van der Waals surface area contributed by atoms with Gasteiger partial charge < -0.3 is 10.1 Å². The topological polar surface area (TPSA) is 84.5 Å². The summed E-state index contributed by atoms with van der Waals surface area (Å²) >= 11 is 0. The van der Waals surface area contributed by atoms with Gasteiger partial charge in [-0.15, -0.1) is 0 Å². The second-order valence-electron chi connectivity index (χ2n) is 6.26. The van der Waals surface area contributed by atoms with Gasteiger partial charge in [-0.25, -0.2) is 17.5 Å². The zero-order valence-corrected chi connectivity index (χ0v) is 16.2. The Balaban J connectivity index is 2.08. The number of benzene rings is 2. The smallest absolute Gasteiger partial charge is 0.222 e. The van der Waals surface area contributed by atoms with E-state index in [-0.39, 0.29) is 18.4 Å². The lowest BCUT2D eigenvalue weighted by atomic mass is 10.0. The molecule has 0 aliphatic heterocycles. The summed E-state index contributed by atoms with van der Waals surface area (Å²) in [6.07, 6.45) is 0.903. The zero-order valence-electron chi connectivity index (χ0n) is 15.4. The van der Waals surface area contributed by atoms with Crippen LogP contribution in [-0.4, -0.2) is 27.7 Å². The average Bonchev–Trinajstić information content (AvgIpc) is 2.60. The summed E-state index contributed by atoms with van der Waals surface area (Å²) in [4.78, 5) is 12.4. The average molecular weight is 394 g/mol. The monoisotopic (exact) mass is 394 g/mol. The van der Waals surface area contributed by atoms with E-state index in [1.54, 1.807) is 19.2 Å². The minimum absolute atomic E-state index is 0.112. The number of sulfonamides is 1. The maximum absolute atomic E-state index is 13.1. The Morgan fingerprint density at radius 3 is 2.15 bits per heavy atom. The van der Waals surface area contributed by atoms with Crippen LogP contribution in [0, 0.1) is 5.82 Å². The van der Waals surface area contributed by atoms with E-state index < -0.39 is 21.9 Å². The lowest BCUT2D eigenvalue weighted by Crippen LogP contribution is -2.34. The number of hydrogen-bond donors (Lipinski definition) is 2. The van der Waals surface area contributed by atoms with E-state index in [0.29, 0.717) is 11.3 Å². The van der Waals surface area contributed by atoms with Crippen molar-refractivity contribution in [3.63, 3.8) is 0 Å². The van der Waals surface area contributed by atoms with Crippen molar-refractivity contribution in [2.45, 2.75) is 25.4 Å². The summed E-state index contributed by atoms with van der Waals surface area (Å²) in [5.41, 5.74) is 1.40. The standard InChI is InChI=1S/C19H23FN2O4S/c1-13(14-6-10-17(26-2)11-7-14)21-19(23)12-18(22-27(3,24)25)15-4-8-16(20)9-5-15/h4-11,13,18,22H,12H2,1-3H3,(H,21,23). The van der Waals surface area contributed by atoms with Gasteiger partial charge in [0.25, 0.3) is 0 Å². The van der Waals surface area contributed by atoms with Crippen molar-refractivity contribution in [1.82, 2.24) is 10.0 Å². The molecule has 2 atom stereocenters. The van der Waals surface area contributed by atoms with Gasteiger partial charge in [-0.1, -0.05) is 24.3 Å². The molecule has 0 saturated heterocycles. The molecule has 2 unspecified atom stereocenters. The molecule has 0 saturated carbocycles. The molecular weight excluding hydrogens is 371 g/mol. The van der Waals surface area contributed by atoms with Crippen molar-refractivity contribution in [3.05, 3.63) is 65.5 Å². The molecule has 0 heterocycles. The number of hydrogen-bond acceptors (Lipinski definition) is 4. The molecule has 0 radical (unpaired) electrons. The Bertz CT molecular complexity index is 868. The number of carbonyl (C=O) groups is 1. The van der Waals surface area contributed by atoms with Gasteiger partial charge in [-0.05, 0) is 42.3 Å². The highest BCUT2D eigenvalue weighted by molar-refractivity contribution is 7.88. The van der Waals surface area contributed by atoms with Crippen LogP contribution < -0.4 is 14.8 Å². The molecule has 2 aromatic rings. The Labute approximate surface area is 158 Å². The number of ether oxygens (including phenoxy) is 1. The van der Waals surface area contributed by atoms with Gasteiger partial charge >= 0.3 is 0 Å². The van der Waals surface area contributed by atoms with Crippen molar-refractivity contribution in [2.75, 3.05) is 13.4 Å². The molecule has 0 bridgehead atoms. The molecular formula is C19H23FN2O4S. The van der Waals surface area contributed by atoms with Crippen LogP contribution in [0.1, 0.15) is 36.6 Å². The summed E-state index contributed by atoms with van der Waals surface area (Å²) < 4.78 is 43.9. The molecule has 2 aromatic carbocycles. The van der Waals surface area contributed by atoms with E-state index in [4.69, 9.17) is 4.74 Å². The third-order valence-electron chi connectivity index (χ3n) is 4.01. The maximum Gasteiger partial charge on any atom is 0.222 e. The number of nitrogens with one attached hydrogen (secondary N) is 2. The van der Waals surface area contributed by atoms with Crippen molar-refractivity contribution in [2.24, 2.45) is 0 Å². The minimum atomic E-state index is -3.55. The Morgan fingerprint density at radius 2 is 1.63 bits per heavy atom. The van der Waals surface area contributed by atoms with Crippen molar-refractivity contribution in [1.29, 1.82) is 0 Å². The number of halogens is 1. The fourth-order valence-electron chi connectivity index (χ4n) is 2.64. The second-order valence-corrected chi connectivity index (χ2v) is 8.04. The van der Waals surface area contributed by atoms with Crippen LogP contribution in [0.5, 0.6) is 5.75 Å². The second kappa shape index (κ2) is 8.96. The van der Waals surface area contributed by atoms with Crippen molar-refractivity contribution < 1.29 is 22.3 Å². The molecule has 6 nitrogen and oxygen atoms in total. The van der Waals surface area contributed by atoms with Gasteiger partial charge in [0.15, 0.2) is 0 Å². The fourth-order valence-corrected chi connectivity index (χ4v) is 3.38. The van der Waals surface area contributed by atoms with Crippen LogP contribution >= 0.6 is 0 Å². The number of amides is 1. The molecule has 0 aromatic heterocycles. The van der Waals surface area contributed by atoms with Gasteiger partial charge in [-0.3, -0.25) is 4.79 Å². The van der Waals surface area contributed by atoms with Gasteiger partial charge in [0.1, 0.15) is 11.6 Å². The quantitative estimate of drug-likeness (QED) is 0.721. The highest BCUT2D eigenvalue weighted by Crippen LogP contribution is 2.21. The molecule has 27 heavy (non-hydrogen) atoms. The predicted molar refractivity (Wildman–Crippen MR) is 101 cm³/mol. The molecule has 0 aliphatic rings. The molecule has 146 valence electrons. The van der Waals surface area contributed by atoms with Gasteiger partial charge in [0.05, 0.1) is 25.4 Å². The fraction of sp³-hybridized carbons (Fsp3) is 0.316. The molecule has 2 rings (SSSR count). The summed E-state index contributed by atoms with van der Waals surface area (Å²) in [6, 6.07) is 11.6.